The lowest BCUT2D eigenvalue weighted by atomic mass is 9.89. The number of nitrogens with zero attached hydrogens (tertiary/aromatic N) is 2. The van der Waals surface area contributed by atoms with E-state index in [1.54, 1.807) is 39.3 Å². The summed E-state index contributed by atoms with van der Waals surface area (Å²) in [6.07, 6.45) is 0.202. The number of rotatable bonds is 5. The highest BCUT2D eigenvalue weighted by Gasteiger charge is 2.39. The van der Waals surface area contributed by atoms with Crippen LogP contribution >= 0.6 is 11.3 Å². The number of methoxy groups -OCH3 is 3. The SMILES string of the molecule is COc1ccc(C2CC(=O)N(c3ccccc3)c3c2sc(=O)n3C)c(OC)c1OC. The van der Waals surface area contributed by atoms with Gasteiger partial charge in [-0.1, -0.05) is 35.6 Å². The zero-order chi connectivity index (χ0) is 21.4. The van der Waals surface area contributed by atoms with Crippen LogP contribution in [0.3, 0.4) is 0 Å². The van der Waals surface area contributed by atoms with Crippen molar-refractivity contribution in [2.24, 2.45) is 7.05 Å². The summed E-state index contributed by atoms with van der Waals surface area (Å²) in [4.78, 5) is 28.2. The predicted octanol–water partition coefficient (Wildman–Crippen LogP) is 3.67. The average molecular weight is 426 g/mol. The van der Waals surface area contributed by atoms with Gasteiger partial charge in [0.1, 0.15) is 5.82 Å². The zero-order valence-electron chi connectivity index (χ0n) is 17.2. The van der Waals surface area contributed by atoms with E-state index in [1.807, 2.05) is 36.4 Å². The number of anilines is 2. The summed E-state index contributed by atoms with van der Waals surface area (Å²) in [7, 11) is 6.34. The normalized spacial score (nSPS) is 15.7. The third kappa shape index (κ3) is 3.04. The van der Waals surface area contributed by atoms with E-state index in [0.29, 0.717) is 23.1 Å². The molecule has 156 valence electrons. The topological polar surface area (TPSA) is 70.0 Å². The van der Waals surface area contributed by atoms with E-state index in [4.69, 9.17) is 14.2 Å². The monoisotopic (exact) mass is 426 g/mol. The molecule has 0 bridgehead atoms. The zero-order valence-corrected chi connectivity index (χ0v) is 18.0. The average Bonchev–Trinajstić information content (AvgIpc) is 3.07. The molecule has 2 aromatic carbocycles. The maximum atomic E-state index is 13.3. The molecular formula is C22H22N2O5S. The van der Waals surface area contributed by atoms with Crippen molar-refractivity contribution < 1.29 is 19.0 Å². The molecule has 1 aliphatic rings. The molecule has 1 aromatic heterocycles. The molecule has 4 rings (SSSR count). The molecule has 2 heterocycles. The van der Waals surface area contributed by atoms with Crippen LogP contribution in [-0.2, 0) is 11.8 Å². The summed E-state index contributed by atoms with van der Waals surface area (Å²) in [6.45, 7) is 0. The van der Waals surface area contributed by atoms with Gasteiger partial charge in [0.15, 0.2) is 11.5 Å². The van der Waals surface area contributed by atoms with Crippen LogP contribution in [0.5, 0.6) is 17.2 Å². The lowest BCUT2D eigenvalue weighted by Gasteiger charge is -2.33. The molecular weight excluding hydrogens is 404 g/mol. The van der Waals surface area contributed by atoms with Crippen molar-refractivity contribution in [3.8, 4) is 17.2 Å². The standard InChI is InChI=1S/C22H22N2O5S/c1-23-21-20(30-22(23)26)15(12-17(25)24(21)13-8-6-5-7-9-13)14-10-11-16(27-2)19(29-4)18(14)28-3/h5-11,15H,12H2,1-4H3. The Labute approximate surface area is 178 Å². The molecule has 30 heavy (non-hydrogen) atoms. The van der Waals surface area contributed by atoms with Gasteiger partial charge in [0, 0.05) is 24.9 Å². The Hall–Kier alpha value is -3.26. The van der Waals surface area contributed by atoms with Gasteiger partial charge >= 0.3 is 4.87 Å². The molecule has 0 radical (unpaired) electrons. The summed E-state index contributed by atoms with van der Waals surface area (Å²) in [5.41, 5.74) is 1.51. The predicted molar refractivity (Wildman–Crippen MR) is 116 cm³/mol. The summed E-state index contributed by atoms with van der Waals surface area (Å²) in [5.74, 6) is 1.66. The number of benzene rings is 2. The van der Waals surface area contributed by atoms with E-state index >= 15 is 0 Å². The minimum Gasteiger partial charge on any atom is -0.493 e. The van der Waals surface area contributed by atoms with Gasteiger partial charge in [-0.3, -0.25) is 19.1 Å². The first-order chi connectivity index (χ1) is 14.5. The van der Waals surface area contributed by atoms with Gasteiger partial charge < -0.3 is 14.2 Å². The van der Waals surface area contributed by atoms with Gasteiger partial charge in [-0.05, 0) is 18.2 Å². The second-order valence-electron chi connectivity index (χ2n) is 6.86. The molecule has 8 heteroatoms. The maximum absolute atomic E-state index is 13.3. The molecule has 1 aliphatic heterocycles. The molecule has 0 fully saturated rings. The molecule has 0 saturated carbocycles. The Bertz CT molecular complexity index is 1150. The number of fused-ring (bicyclic) bond motifs is 1. The third-order valence-corrected chi connectivity index (χ3v) is 6.43. The van der Waals surface area contributed by atoms with Gasteiger partial charge in [-0.15, -0.1) is 0 Å². The van der Waals surface area contributed by atoms with Crippen molar-refractivity contribution in [3.63, 3.8) is 0 Å². The van der Waals surface area contributed by atoms with Crippen molar-refractivity contribution in [1.29, 1.82) is 0 Å². The lowest BCUT2D eigenvalue weighted by molar-refractivity contribution is -0.118. The fourth-order valence-electron chi connectivity index (χ4n) is 3.92. The first-order valence-corrected chi connectivity index (χ1v) is 10.2. The van der Waals surface area contributed by atoms with Gasteiger partial charge in [0.25, 0.3) is 0 Å². The Kier molecular flexibility index (Phi) is 5.26. The van der Waals surface area contributed by atoms with E-state index in [0.717, 1.165) is 27.5 Å². The highest BCUT2D eigenvalue weighted by atomic mass is 32.1. The van der Waals surface area contributed by atoms with Crippen LogP contribution < -0.4 is 24.0 Å². The molecule has 0 aliphatic carbocycles. The second kappa shape index (κ2) is 7.87. The summed E-state index contributed by atoms with van der Waals surface area (Å²) >= 11 is 1.15. The van der Waals surface area contributed by atoms with E-state index in [9.17, 15) is 9.59 Å². The highest BCUT2D eigenvalue weighted by Crippen LogP contribution is 2.50. The number of thiazole rings is 1. The van der Waals surface area contributed by atoms with Gasteiger partial charge in [0.2, 0.25) is 11.7 Å². The van der Waals surface area contributed by atoms with Crippen molar-refractivity contribution in [2.75, 3.05) is 26.2 Å². The van der Waals surface area contributed by atoms with E-state index in [2.05, 4.69) is 0 Å². The fraction of sp³-hybridized carbons (Fsp3) is 0.273. The number of ether oxygens (including phenoxy) is 3. The highest BCUT2D eigenvalue weighted by molar-refractivity contribution is 7.10. The Morgan fingerprint density at radius 2 is 1.63 bits per heavy atom. The Morgan fingerprint density at radius 1 is 0.933 bits per heavy atom. The quantitative estimate of drug-likeness (QED) is 0.623. The smallest absolute Gasteiger partial charge is 0.308 e. The molecule has 7 nitrogen and oxygen atoms in total. The summed E-state index contributed by atoms with van der Waals surface area (Å²) in [6, 6.07) is 13.0. The number of carbonyl (C=O) groups is 1. The van der Waals surface area contributed by atoms with Crippen LogP contribution in [0.4, 0.5) is 11.5 Å². The number of hydrogen-bond acceptors (Lipinski definition) is 6. The van der Waals surface area contributed by atoms with E-state index in [1.165, 1.54) is 4.57 Å². The number of para-hydroxylation sites is 1. The van der Waals surface area contributed by atoms with Crippen molar-refractivity contribution >= 4 is 28.7 Å². The van der Waals surface area contributed by atoms with Crippen LogP contribution in [0, 0.1) is 0 Å². The molecule has 0 spiro atoms. The van der Waals surface area contributed by atoms with Crippen LogP contribution in [-0.4, -0.2) is 31.8 Å². The Balaban J connectivity index is 1.93. The van der Waals surface area contributed by atoms with Gasteiger partial charge in [-0.2, -0.15) is 0 Å². The maximum Gasteiger partial charge on any atom is 0.308 e. The van der Waals surface area contributed by atoms with Gasteiger partial charge in [0.05, 0.1) is 31.9 Å². The van der Waals surface area contributed by atoms with E-state index in [-0.39, 0.29) is 23.1 Å². The summed E-state index contributed by atoms with van der Waals surface area (Å²) < 4.78 is 18.1. The third-order valence-electron chi connectivity index (χ3n) is 5.29. The van der Waals surface area contributed by atoms with Crippen molar-refractivity contribution in [1.82, 2.24) is 4.57 Å². The molecule has 0 N–H and O–H groups in total. The number of amides is 1. The molecule has 0 saturated heterocycles. The minimum absolute atomic E-state index is 0.0936. The Morgan fingerprint density at radius 3 is 2.27 bits per heavy atom. The van der Waals surface area contributed by atoms with E-state index < -0.39 is 0 Å². The van der Waals surface area contributed by atoms with Crippen LogP contribution in [0.2, 0.25) is 0 Å². The van der Waals surface area contributed by atoms with Crippen molar-refractivity contribution in [3.05, 3.63) is 62.6 Å². The summed E-state index contributed by atoms with van der Waals surface area (Å²) in [5, 5.41) is 0. The second-order valence-corrected chi connectivity index (χ2v) is 7.85. The lowest BCUT2D eigenvalue weighted by Crippen LogP contribution is -2.34. The molecule has 1 amide bonds. The fourth-order valence-corrected chi connectivity index (χ4v) is 5.00. The first kappa shape index (κ1) is 20.0. The van der Waals surface area contributed by atoms with Crippen LogP contribution in [0.15, 0.2) is 47.3 Å². The number of aromatic nitrogens is 1. The molecule has 3 aromatic rings. The van der Waals surface area contributed by atoms with Crippen LogP contribution in [0.1, 0.15) is 22.8 Å². The minimum atomic E-state index is -0.332. The van der Waals surface area contributed by atoms with Gasteiger partial charge in [-0.25, -0.2) is 0 Å². The number of carbonyl (C=O) groups excluding carboxylic acids is 1. The largest absolute Gasteiger partial charge is 0.493 e. The molecule has 1 unspecified atom stereocenters. The van der Waals surface area contributed by atoms with Crippen molar-refractivity contribution in [2.45, 2.75) is 12.3 Å². The van der Waals surface area contributed by atoms with Crippen LogP contribution in [0.25, 0.3) is 0 Å². The number of hydrogen-bond donors (Lipinski definition) is 0. The molecule has 1 atom stereocenters. The first-order valence-electron chi connectivity index (χ1n) is 9.38.